The molecule has 0 aliphatic rings. The molecule has 1 heterocycles. The average molecular weight is 227 g/mol. The molecular weight excluding hydrogens is 214 g/mol. The largest absolute Gasteiger partial charge is 0.467 e. The van der Waals surface area contributed by atoms with Gasteiger partial charge in [0, 0.05) is 0 Å². The van der Waals surface area contributed by atoms with Crippen molar-refractivity contribution < 1.29 is 23.8 Å². The van der Waals surface area contributed by atoms with Crippen molar-refractivity contribution in [1.82, 2.24) is 5.32 Å². The van der Waals surface area contributed by atoms with Gasteiger partial charge < -0.3 is 19.6 Å². The van der Waals surface area contributed by atoms with E-state index in [4.69, 9.17) is 9.52 Å². The Morgan fingerprint density at radius 1 is 1.56 bits per heavy atom. The normalized spacial score (nSPS) is 11.9. The highest BCUT2D eigenvalue weighted by atomic mass is 16.5. The lowest BCUT2D eigenvalue weighted by molar-refractivity contribution is -0.143. The van der Waals surface area contributed by atoms with E-state index in [9.17, 15) is 9.59 Å². The molecule has 0 aliphatic heterocycles. The summed E-state index contributed by atoms with van der Waals surface area (Å²) in [6.07, 6.45) is 0. The first-order chi connectivity index (χ1) is 7.58. The number of methoxy groups -OCH3 is 1. The third-order valence-electron chi connectivity index (χ3n) is 1.94. The van der Waals surface area contributed by atoms with Crippen molar-refractivity contribution >= 4 is 11.9 Å². The molecule has 1 aromatic rings. The smallest absolute Gasteiger partial charge is 0.330 e. The van der Waals surface area contributed by atoms with Gasteiger partial charge in [-0.25, -0.2) is 4.79 Å². The van der Waals surface area contributed by atoms with Crippen molar-refractivity contribution in [3.63, 3.8) is 0 Å². The van der Waals surface area contributed by atoms with Gasteiger partial charge in [0.15, 0.2) is 11.8 Å². The number of rotatable bonds is 4. The first-order valence-electron chi connectivity index (χ1n) is 4.64. The summed E-state index contributed by atoms with van der Waals surface area (Å²) in [7, 11) is 1.17. The van der Waals surface area contributed by atoms with Crippen LogP contribution in [-0.2, 0) is 9.53 Å². The first kappa shape index (κ1) is 12.3. The molecule has 0 aromatic carbocycles. The summed E-state index contributed by atoms with van der Waals surface area (Å²) in [6, 6.07) is 2.03. The number of ether oxygens (including phenoxy) is 1. The number of furan rings is 1. The fraction of sp³-hybridized carbons (Fsp3) is 0.400. The van der Waals surface area contributed by atoms with E-state index < -0.39 is 24.5 Å². The summed E-state index contributed by atoms with van der Waals surface area (Å²) in [5.74, 6) is -0.611. The van der Waals surface area contributed by atoms with E-state index >= 15 is 0 Å². The maximum Gasteiger partial charge on any atom is 0.330 e. The van der Waals surface area contributed by atoms with Gasteiger partial charge in [-0.05, 0) is 19.1 Å². The number of hydrogen-bond acceptors (Lipinski definition) is 5. The fourth-order valence-electron chi connectivity index (χ4n) is 1.11. The van der Waals surface area contributed by atoms with Crippen molar-refractivity contribution in [2.45, 2.75) is 13.0 Å². The van der Waals surface area contributed by atoms with Crippen LogP contribution in [0.25, 0.3) is 0 Å². The minimum Gasteiger partial charge on any atom is -0.467 e. The molecule has 0 radical (unpaired) electrons. The maximum absolute atomic E-state index is 11.5. The average Bonchev–Trinajstić information content (AvgIpc) is 2.71. The Morgan fingerprint density at radius 3 is 2.69 bits per heavy atom. The molecule has 2 N–H and O–H groups in total. The SMILES string of the molecule is COC(=O)C(CO)NC(=O)c1ccc(C)o1. The Labute approximate surface area is 92.2 Å². The van der Waals surface area contributed by atoms with Crippen molar-refractivity contribution in [1.29, 1.82) is 0 Å². The number of hydrogen-bond donors (Lipinski definition) is 2. The van der Waals surface area contributed by atoms with Crippen molar-refractivity contribution in [2.75, 3.05) is 13.7 Å². The van der Waals surface area contributed by atoms with Crippen LogP contribution in [0.1, 0.15) is 16.3 Å². The quantitative estimate of drug-likeness (QED) is 0.698. The molecule has 0 aliphatic carbocycles. The summed E-state index contributed by atoms with van der Waals surface area (Å²) in [4.78, 5) is 22.6. The zero-order chi connectivity index (χ0) is 12.1. The minimum absolute atomic E-state index is 0.0832. The van der Waals surface area contributed by atoms with Gasteiger partial charge in [-0.2, -0.15) is 0 Å². The minimum atomic E-state index is -1.08. The van der Waals surface area contributed by atoms with Gasteiger partial charge >= 0.3 is 5.97 Å². The highest BCUT2D eigenvalue weighted by molar-refractivity contribution is 5.94. The Kier molecular flexibility index (Phi) is 4.07. The first-order valence-corrected chi connectivity index (χ1v) is 4.64. The number of aryl methyl sites for hydroxylation is 1. The third kappa shape index (κ3) is 2.83. The molecule has 6 heteroatoms. The zero-order valence-corrected chi connectivity index (χ0v) is 9.02. The Morgan fingerprint density at radius 2 is 2.25 bits per heavy atom. The standard InChI is InChI=1S/C10H13NO5/c1-6-3-4-8(16-6)9(13)11-7(5-12)10(14)15-2/h3-4,7,12H,5H2,1-2H3,(H,11,13). The van der Waals surface area contributed by atoms with E-state index in [1.54, 1.807) is 13.0 Å². The number of nitrogens with one attached hydrogen (secondary N) is 1. The van der Waals surface area contributed by atoms with E-state index in [2.05, 4.69) is 10.1 Å². The topological polar surface area (TPSA) is 88.8 Å². The predicted octanol–water partition coefficient (Wildman–Crippen LogP) is -0.148. The molecule has 88 valence electrons. The number of carbonyl (C=O) groups excluding carboxylic acids is 2. The van der Waals surface area contributed by atoms with Crippen molar-refractivity contribution in [3.05, 3.63) is 23.7 Å². The van der Waals surface area contributed by atoms with Gasteiger partial charge in [-0.1, -0.05) is 0 Å². The molecule has 1 aromatic heterocycles. The number of amides is 1. The lowest BCUT2D eigenvalue weighted by Crippen LogP contribution is -2.43. The van der Waals surface area contributed by atoms with Crippen LogP contribution >= 0.6 is 0 Å². The van der Waals surface area contributed by atoms with Crippen LogP contribution in [-0.4, -0.2) is 36.7 Å². The molecule has 1 unspecified atom stereocenters. The molecule has 0 bridgehead atoms. The van der Waals surface area contributed by atoms with Crippen LogP contribution in [0.2, 0.25) is 0 Å². The van der Waals surface area contributed by atoms with Crippen LogP contribution in [0.4, 0.5) is 0 Å². The molecule has 0 saturated carbocycles. The van der Waals surface area contributed by atoms with Crippen molar-refractivity contribution in [3.8, 4) is 0 Å². The highest BCUT2D eigenvalue weighted by Crippen LogP contribution is 2.06. The van der Waals surface area contributed by atoms with E-state index in [1.807, 2.05) is 0 Å². The van der Waals surface area contributed by atoms with Gasteiger partial charge in [0.05, 0.1) is 13.7 Å². The molecule has 1 atom stereocenters. The maximum atomic E-state index is 11.5. The molecule has 0 fully saturated rings. The molecule has 0 spiro atoms. The zero-order valence-electron chi connectivity index (χ0n) is 9.02. The lowest BCUT2D eigenvalue weighted by atomic mass is 10.3. The van der Waals surface area contributed by atoms with Crippen LogP contribution in [0, 0.1) is 6.92 Å². The molecule has 6 nitrogen and oxygen atoms in total. The number of aliphatic hydroxyl groups is 1. The van der Waals surface area contributed by atoms with Gasteiger partial charge in [-0.15, -0.1) is 0 Å². The predicted molar refractivity (Wildman–Crippen MR) is 53.8 cm³/mol. The monoisotopic (exact) mass is 227 g/mol. The summed E-state index contributed by atoms with van der Waals surface area (Å²) in [6.45, 7) is 1.17. The van der Waals surface area contributed by atoms with E-state index in [0.717, 1.165) is 0 Å². The van der Waals surface area contributed by atoms with Crippen molar-refractivity contribution in [2.24, 2.45) is 0 Å². The van der Waals surface area contributed by atoms with Gasteiger partial charge in [0.2, 0.25) is 0 Å². The molecule has 0 saturated heterocycles. The number of esters is 1. The molecular formula is C10H13NO5. The van der Waals surface area contributed by atoms with Gasteiger partial charge in [0.25, 0.3) is 5.91 Å². The van der Waals surface area contributed by atoms with Crippen LogP contribution in [0.5, 0.6) is 0 Å². The summed E-state index contributed by atoms with van der Waals surface area (Å²) < 4.78 is 9.46. The summed E-state index contributed by atoms with van der Waals surface area (Å²) in [5, 5.41) is 11.2. The lowest BCUT2D eigenvalue weighted by Gasteiger charge is -2.12. The molecule has 1 rings (SSSR count). The Hall–Kier alpha value is -1.82. The second kappa shape index (κ2) is 5.32. The molecule has 1 amide bonds. The van der Waals surface area contributed by atoms with E-state index in [1.165, 1.54) is 13.2 Å². The second-order valence-electron chi connectivity index (χ2n) is 3.14. The molecule has 16 heavy (non-hydrogen) atoms. The Balaban J connectivity index is 2.66. The number of carbonyl (C=O) groups is 2. The highest BCUT2D eigenvalue weighted by Gasteiger charge is 2.22. The fourth-order valence-corrected chi connectivity index (χ4v) is 1.11. The third-order valence-corrected chi connectivity index (χ3v) is 1.94. The summed E-state index contributed by atoms with van der Waals surface area (Å²) >= 11 is 0. The number of aliphatic hydroxyl groups excluding tert-OH is 1. The Bertz CT molecular complexity index is 384. The summed E-state index contributed by atoms with van der Waals surface area (Å²) in [5.41, 5.74) is 0. The van der Waals surface area contributed by atoms with Gasteiger partial charge in [-0.3, -0.25) is 4.79 Å². The van der Waals surface area contributed by atoms with E-state index in [-0.39, 0.29) is 5.76 Å². The van der Waals surface area contributed by atoms with Crippen LogP contribution < -0.4 is 5.32 Å². The van der Waals surface area contributed by atoms with Gasteiger partial charge in [0.1, 0.15) is 5.76 Å². The van der Waals surface area contributed by atoms with Crippen LogP contribution in [0.3, 0.4) is 0 Å². The second-order valence-corrected chi connectivity index (χ2v) is 3.14. The van der Waals surface area contributed by atoms with E-state index in [0.29, 0.717) is 5.76 Å². The van der Waals surface area contributed by atoms with Crippen LogP contribution in [0.15, 0.2) is 16.5 Å².